The summed E-state index contributed by atoms with van der Waals surface area (Å²) in [5, 5.41) is 0. The Kier molecular flexibility index (Phi) is 5.25. The highest BCUT2D eigenvalue weighted by molar-refractivity contribution is 5.78. The number of para-hydroxylation sites is 1. The molecule has 0 saturated heterocycles. The van der Waals surface area contributed by atoms with Crippen LogP contribution >= 0.6 is 0 Å². The average Bonchev–Trinajstić information content (AvgIpc) is 2.60. The summed E-state index contributed by atoms with van der Waals surface area (Å²) in [6.45, 7) is 0.759. The molecule has 1 atom stereocenters. The predicted molar refractivity (Wildman–Crippen MR) is 72.8 cm³/mol. The second kappa shape index (κ2) is 7.20. The summed E-state index contributed by atoms with van der Waals surface area (Å²) in [7, 11) is 0. The van der Waals surface area contributed by atoms with Crippen molar-refractivity contribution in [3.05, 3.63) is 30.3 Å². The molecule has 0 amide bonds. The lowest BCUT2D eigenvalue weighted by atomic mass is 9.95. The van der Waals surface area contributed by atoms with E-state index < -0.39 is 0 Å². The van der Waals surface area contributed by atoms with Gasteiger partial charge in [-0.15, -0.1) is 0 Å². The fraction of sp³-hybridized carbons (Fsp3) is 0.562. The van der Waals surface area contributed by atoms with Crippen molar-refractivity contribution in [1.82, 2.24) is 0 Å². The molecule has 1 aliphatic rings. The molecule has 0 aliphatic heterocycles. The van der Waals surface area contributed by atoms with Crippen LogP contribution in [0.5, 0.6) is 5.75 Å². The van der Waals surface area contributed by atoms with E-state index in [1.165, 1.54) is 12.8 Å². The van der Waals surface area contributed by atoms with Gasteiger partial charge in [-0.3, -0.25) is 4.79 Å². The second-order valence-electron chi connectivity index (χ2n) is 5.16. The van der Waals surface area contributed by atoms with Crippen LogP contribution in [0, 0.1) is 5.92 Å². The third-order valence-electron chi connectivity index (χ3n) is 3.60. The van der Waals surface area contributed by atoms with E-state index in [1.54, 1.807) is 0 Å². The second-order valence-corrected chi connectivity index (χ2v) is 5.16. The number of carbonyl (C=O) groups excluding carboxylic acids is 1. The van der Waals surface area contributed by atoms with Gasteiger partial charge < -0.3 is 4.74 Å². The molecular weight excluding hydrogens is 224 g/mol. The summed E-state index contributed by atoms with van der Waals surface area (Å²) in [4.78, 5) is 11.5. The quantitative estimate of drug-likeness (QED) is 0.580. The van der Waals surface area contributed by atoms with Crippen molar-refractivity contribution in [2.75, 3.05) is 6.61 Å². The van der Waals surface area contributed by atoms with Crippen LogP contribution in [-0.2, 0) is 4.79 Å². The molecule has 1 fully saturated rings. The Bertz CT molecular complexity index is 359. The molecule has 1 saturated carbocycles. The Labute approximate surface area is 109 Å². The van der Waals surface area contributed by atoms with Crippen LogP contribution in [0.2, 0.25) is 0 Å². The molecule has 18 heavy (non-hydrogen) atoms. The largest absolute Gasteiger partial charge is 0.494 e. The Morgan fingerprint density at radius 3 is 2.83 bits per heavy atom. The minimum Gasteiger partial charge on any atom is -0.494 e. The fourth-order valence-corrected chi connectivity index (χ4v) is 2.61. The first-order chi connectivity index (χ1) is 8.84. The monoisotopic (exact) mass is 246 g/mol. The van der Waals surface area contributed by atoms with Crippen LogP contribution in [0.1, 0.15) is 44.9 Å². The molecule has 0 spiro atoms. The van der Waals surface area contributed by atoms with Crippen molar-refractivity contribution in [3.63, 3.8) is 0 Å². The van der Waals surface area contributed by atoms with Crippen LogP contribution in [-0.4, -0.2) is 12.4 Å². The Morgan fingerprint density at radius 1 is 1.17 bits per heavy atom. The molecule has 0 N–H and O–H groups in total. The summed E-state index contributed by atoms with van der Waals surface area (Å²) in [5.41, 5.74) is 0. The van der Waals surface area contributed by atoms with Crippen LogP contribution in [0.4, 0.5) is 0 Å². The van der Waals surface area contributed by atoms with Crippen molar-refractivity contribution < 1.29 is 9.53 Å². The Hall–Kier alpha value is -1.31. The average molecular weight is 246 g/mol. The first kappa shape index (κ1) is 13.1. The van der Waals surface area contributed by atoms with Gasteiger partial charge in [-0.1, -0.05) is 31.0 Å². The molecule has 2 rings (SSSR count). The van der Waals surface area contributed by atoms with E-state index in [9.17, 15) is 4.79 Å². The lowest BCUT2D eigenvalue weighted by molar-refractivity contribution is -0.119. The molecule has 0 heterocycles. The normalized spacial score (nSPS) is 20.4. The van der Waals surface area contributed by atoms with Gasteiger partial charge in [0.1, 0.15) is 11.5 Å². The highest BCUT2D eigenvalue weighted by Crippen LogP contribution is 2.24. The smallest absolute Gasteiger partial charge is 0.133 e. The van der Waals surface area contributed by atoms with Crippen LogP contribution < -0.4 is 4.74 Å². The van der Waals surface area contributed by atoms with Gasteiger partial charge in [-0.05, 0) is 37.3 Å². The number of ether oxygens (including phenoxy) is 1. The van der Waals surface area contributed by atoms with Crippen LogP contribution in [0.3, 0.4) is 0 Å². The maximum atomic E-state index is 11.5. The summed E-state index contributed by atoms with van der Waals surface area (Å²) in [5.74, 6) is 2.00. The van der Waals surface area contributed by atoms with E-state index in [2.05, 4.69) is 0 Å². The van der Waals surface area contributed by atoms with Crippen molar-refractivity contribution in [2.24, 2.45) is 5.92 Å². The number of Topliss-reactive ketones (excluding diaryl/α,β-unsaturated/α-hetero) is 1. The standard InChI is InChI=1S/C16H22O2/c17-15-9-5-4-7-14(13-15)8-6-12-18-16-10-2-1-3-11-16/h1-3,10-11,14H,4-9,12-13H2. The Morgan fingerprint density at radius 2 is 2.00 bits per heavy atom. The molecule has 0 radical (unpaired) electrons. The zero-order valence-electron chi connectivity index (χ0n) is 10.9. The van der Waals surface area contributed by atoms with Crippen LogP contribution in [0.25, 0.3) is 0 Å². The van der Waals surface area contributed by atoms with E-state index in [4.69, 9.17) is 4.74 Å². The predicted octanol–water partition coefficient (Wildman–Crippen LogP) is 4.00. The first-order valence-corrected chi connectivity index (χ1v) is 7.04. The molecule has 1 unspecified atom stereocenters. The Balaban J connectivity index is 1.64. The summed E-state index contributed by atoms with van der Waals surface area (Å²) in [6, 6.07) is 9.92. The van der Waals surface area contributed by atoms with Crippen molar-refractivity contribution in [2.45, 2.75) is 44.9 Å². The van der Waals surface area contributed by atoms with Gasteiger partial charge in [0.05, 0.1) is 6.61 Å². The lowest BCUT2D eigenvalue weighted by Gasteiger charge is -2.13. The molecule has 2 nitrogen and oxygen atoms in total. The number of hydrogen-bond acceptors (Lipinski definition) is 2. The molecule has 2 heteroatoms. The number of hydrogen-bond donors (Lipinski definition) is 0. The zero-order valence-corrected chi connectivity index (χ0v) is 10.9. The van der Waals surface area contributed by atoms with Gasteiger partial charge in [-0.2, -0.15) is 0 Å². The van der Waals surface area contributed by atoms with Crippen molar-refractivity contribution >= 4 is 5.78 Å². The van der Waals surface area contributed by atoms with E-state index in [0.717, 1.165) is 44.5 Å². The third-order valence-corrected chi connectivity index (χ3v) is 3.60. The van der Waals surface area contributed by atoms with Gasteiger partial charge in [0.2, 0.25) is 0 Å². The highest BCUT2D eigenvalue weighted by atomic mass is 16.5. The summed E-state index contributed by atoms with van der Waals surface area (Å²) in [6.07, 6.45) is 7.30. The molecule has 1 aliphatic carbocycles. The number of ketones is 1. The lowest BCUT2D eigenvalue weighted by Crippen LogP contribution is -2.07. The van der Waals surface area contributed by atoms with E-state index in [1.807, 2.05) is 30.3 Å². The van der Waals surface area contributed by atoms with Gasteiger partial charge in [0.15, 0.2) is 0 Å². The first-order valence-electron chi connectivity index (χ1n) is 7.04. The van der Waals surface area contributed by atoms with E-state index in [0.29, 0.717) is 11.7 Å². The summed E-state index contributed by atoms with van der Waals surface area (Å²) >= 11 is 0. The molecule has 98 valence electrons. The highest BCUT2D eigenvalue weighted by Gasteiger charge is 2.17. The zero-order chi connectivity index (χ0) is 12.6. The minimum atomic E-state index is 0.460. The minimum absolute atomic E-state index is 0.460. The SMILES string of the molecule is O=C1CCCCC(CCCOc2ccccc2)C1. The van der Waals surface area contributed by atoms with E-state index in [-0.39, 0.29) is 0 Å². The maximum Gasteiger partial charge on any atom is 0.133 e. The fourth-order valence-electron chi connectivity index (χ4n) is 2.61. The third kappa shape index (κ3) is 4.52. The van der Waals surface area contributed by atoms with Crippen molar-refractivity contribution in [3.8, 4) is 5.75 Å². The van der Waals surface area contributed by atoms with Gasteiger partial charge in [0.25, 0.3) is 0 Å². The summed E-state index contributed by atoms with van der Waals surface area (Å²) < 4.78 is 5.67. The van der Waals surface area contributed by atoms with Gasteiger partial charge in [0, 0.05) is 12.8 Å². The molecule has 1 aromatic rings. The number of carbonyl (C=O) groups is 1. The van der Waals surface area contributed by atoms with Gasteiger partial charge in [-0.25, -0.2) is 0 Å². The topological polar surface area (TPSA) is 26.3 Å². The maximum absolute atomic E-state index is 11.5. The van der Waals surface area contributed by atoms with Gasteiger partial charge >= 0.3 is 0 Å². The molecular formula is C16H22O2. The molecule has 0 bridgehead atoms. The molecule has 0 aromatic heterocycles. The number of benzene rings is 1. The van der Waals surface area contributed by atoms with E-state index >= 15 is 0 Å². The molecule has 1 aromatic carbocycles. The van der Waals surface area contributed by atoms with Crippen LogP contribution in [0.15, 0.2) is 30.3 Å². The number of rotatable bonds is 5. The van der Waals surface area contributed by atoms with Crippen molar-refractivity contribution in [1.29, 1.82) is 0 Å².